The minimum Gasteiger partial charge on any atom is -0.373 e. The molecule has 0 radical (unpaired) electrons. The van der Waals surface area contributed by atoms with Crippen LogP contribution in [-0.2, 0) is 4.74 Å². The lowest BCUT2D eigenvalue weighted by Gasteiger charge is -2.38. The Labute approximate surface area is 141 Å². The second-order valence-electron chi connectivity index (χ2n) is 6.93. The highest BCUT2D eigenvalue weighted by Gasteiger charge is 2.33. The van der Waals surface area contributed by atoms with Gasteiger partial charge in [0, 0.05) is 43.9 Å². The predicted octanol–water partition coefficient (Wildman–Crippen LogP) is 2.68. The van der Waals surface area contributed by atoms with Crippen LogP contribution in [0.2, 0.25) is 0 Å². The van der Waals surface area contributed by atoms with Crippen LogP contribution < -0.4 is 0 Å². The minimum atomic E-state index is -0.718. The summed E-state index contributed by atoms with van der Waals surface area (Å²) in [4.78, 5) is 16.8. The van der Waals surface area contributed by atoms with Crippen LogP contribution in [0.3, 0.4) is 0 Å². The number of benzene rings is 1. The van der Waals surface area contributed by atoms with E-state index in [-0.39, 0.29) is 29.7 Å². The number of carbonyl (C=O) groups is 1. The van der Waals surface area contributed by atoms with Crippen molar-refractivity contribution in [1.82, 2.24) is 9.80 Å². The zero-order chi connectivity index (χ0) is 17.3. The summed E-state index contributed by atoms with van der Waals surface area (Å²) < 4.78 is 32.5. The fourth-order valence-corrected chi connectivity index (χ4v) is 3.87. The number of ether oxygens (including phenoxy) is 1. The maximum absolute atomic E-state index is 13.4. The normalized spacial score (nSPS) is 28.3. The van der Waals surface area contributed by atoms with E-state index in [0.29, 0.717) is 6.54 Å². The SMILES string of the molecule is C[C@@H]1CN(C[C@@H]2CCCN2C(=O)c2cc(F)cc(F)c2)C[C@H](C)O1. The molecule has 2 aliphatic rings. The van der Waals surface area contributed by atoms with Gasteiger partial charge < -0.3 is 9.64 Å². The number of morpholine rings is 1. The first-order valence-corrected chi connectivity index (χ1v) is 8.57. The monoisotopic (exact) mass is 338 g/mol. The van der Waals surface area contributed by atoms with Crippen LogP contribution in [0, 0.1) is 11.6 Å². The van der Waals surface area contributed by atoms with Gasteiger partial charge in [0.1, 0.15) is 11.6 Å². The first-order valence-electron chi connectivity index (χ1n) is 8.57. The summed E-state index contributed by atoms with van der Waals surface area (Å²) in [5.74, 6) is -1.72. The topological polar surface area (TPSA) is 32.8 Å². The van der Waals surface area contributed by atoms with Gasteiger partial charge in [-0.2, -0.15) is 0 Å². The van der Waals surface area contributed by atoms with Crippen molar-refractivity contribution in [2.24, 2.45) is 0 Å². The zero-order valence-corrected chi connectivity index (χ0v) is 14.2. The average molecular weight is 338 g/mol. The van der Waals surface area contributed by atoms with E-state index < -0.39 is 11.6 Å². The molecule has 0 bridgehead atoms. The standard InChI is InChI=1S/C18H24F2N2O2/c1-12-9-21(10-13(2)24-12)11-17-4-3-5-22(17)18(23)14-6-15(19)8-16(20)7-14/h6-8,12-13,17H,3-5,9-11H2,1-2H3/t12-,13+,17-/m0/s1. The molecule has 0 unspecified atom stereocenters. The van der Waals surface area contributed by atoms with Gasteiger partial charge in [0.05, 0.1) is 12.2 Å². The van der Waals surface area contributed by atoms with Crippen LogP contribution in [0.25, 0.3) is 0 Å². The Morgan fingerprint density at radius 2 is 1.79 bits per heavy atom. The summed E-state index contributed by atoms with van der Waals surface area (Å²) in [6.45, 7) is 7.21. The van der Waals surface area contributed by atoms with Gasteiger partial charge in [0.2, 0.25) is 0 Å². The van der Waals surface area contributed by atoms with Gasteiger partial charge in [-0.3, -0.25) is 9.69 Å². The molecule has 1 aromatic rings. The van der Waals surface area contributed by atoms with Crippen molar-refractivity contribution in [3.05, 3.63) is 35.4 Å². The van der Waals surface area contributed by atoms with Crippen molar-refractivity contribution in [3.63, 3.8) is 0 Å². The van der Waals surface area contributed by atoms with E-state index in [1.165, 1.54) is 0 Å². The number of halogens is 2. The number of nitrogens with zero attached hydrogens (tertiary/aromatic N) is 2. The van der Waals surface area contributed by atoms with Crippen molar-refractivity contribution in [2.75, 3.05) is 26.2 Å². The molecule has 1 aromatic carbocycles. The molecule has 4 nitrogen and oxygen atoms in total. The molecule has 2 fully saturated rings. The summed E-state index contributed by atoms with van der Waals surface area (Å²) in [7, 11) is 0. The summed E-state index contributed by atoms with van der Waals surface area (Å²) in [6, 6.07) is 3.09. The van der Waals surface area contributed by atoms with E-state index in [9.17, 15) is 13.6 Å². The lowest BCUT2D eigenvalue weighted by Crippen LogP contribution is -2.50. The highest BCUT2D eigenvalue weighted by atomic mass is 19.1. The Hall–Kier alpha value is -1.53. The average Bonchev–Trinajstić information content (AvgIpc) is 2.92. The molecule has 6 heteroatoms. The molecule has 24 heavy (non-hydrogen) atoms. The highest BCUT2D eigenvalue weighted by molar-refractivity contribution is 5.94. The van der Waals surface area contributed by atoms with Crippen LogP contribution in [0.1, 0.15) is 37.0 Å². The van der Waals surface area contributed by atoms with Crippen molar-refractivity contribution in [1.29, 1.82) is 0 Å². The molecule has 2 heterocycles. The molecular formula is C18H24F2N2O2. The van der Waals surface area contributed by atoms with Crippen LogP contribution in [0.4, 0.5) is 8.78 Å². The Morgan fingerprint density at radius 3 is 2.42 bits per heavy atom. The Morgan fingerprint density at radius 1 is 1.17 bits per heavy atom. The third-order valence-electron chi connectivity index (χ3n) is 4.71. The summed E-state index contributed by atoms with van der Waals surface area (Å²) in [6.07, 6.45) is 2.20. The van der Waals surface area contributed by atoms with E-state index in [1.54, 1.807) is 4.90 Å². The lowest BCUT2D eigenvalue weighted by atomic mass is 10.1. The zero-order valence-electron chi connectivity index (χ0n) is 14.2. The largest absolute Gasteiger partial charge is 0.373 e. The molecule has 0 saturated carbocycles. The lowest BCUT2D eigenvalue weighted by molar-refractivity contribution is -0.0715. The minimum absolute atomic E-state index is 0.0846. The smallest absolute Gasteiger partial charge is 0.254 e. The number of likely N-dealkylation sites (tertiary alicyclic amines) is 1. The third-order valence-corrected chi connectivity index (χ3v) is 4.71. The number of rotatable bonds is 3. The predicted molar refractivity (Wildman–Crippen MR) is 86.9 cm³/mol. The molecule has 2 saturated heterocycles. The number of hydrogen-bond donors (Lipinski definition) is 0. The van der Waals surface area contributed by atoms with Gasteiger partial charge in [-0.25, -0.2) is 8.78 Å². The third kappa shape index (κ3) is 3.92. The molecule has 3 rings (SSSR count). The molecule has 0 N–H and O–H groups in total. The highest BCUT2D eigenvalue weighted by Crippen LogP contribution is 2.23. The van der Waals surface area contributed by atoms with Gasteiger partial charge >= 0.3 is 0 Å². The quantitative estimate of drug-likeness (QED) is 0.849. The van der Waals surface area contributed by atoms with Crippen molar-refractivity contribution < 1.29 is 18.3 Å². The van der Waals surface area contributed by atoms with E-state index in [0.717, 1.165) is 50.7 Å². The number of amides is 1. The molecule has 0 spiro atoms. The first-order chi connectivity index (χ1) is 11.4. The maximum atomic E-state index is 13.4. The van der Waals surface area contributed by atoms with Gasteiger partial charge in [0.15, 0.2) is 0 Å². The Kier molecular flexibility index (Phi) is 5.15. The van der Waals surface area contributed by atoms with Crippen LogP contribution in [-0.4, -0.2) is 60.1 Å². The van der Waals surface area contributed by atoms with Crippen molar-refractivity contribution >= 4 is 5.91 Å². The fraction of sp³-hybridized carbons (Fsp3) is 0.611. The molecule has 1 amide bonds. The van der Waals surface area contributed by atoms with Gasteiger partial charge in [-0.1, -0.05) is 0 Å². The fourth-order valence-electron chi connectivity index (χ4n) is 3.87. The van der Waals surface area contributed by atoms with Crippen LogP contribution in [0.15, 0.2) is 18.2 Å². The Balaban J connectivity index is 1.69. The van der Waals surface area contributed by atoms with E-state index in [2.05, 4.69) is 18.7 Å². The first kappa shape index (κ1) is 17.3. The van der Waals surface area contributed by atoms with E-state index in [1.807, 2.05) is 0 Å². The van der Waals surface area contributed by atoms with Gasteiger partial charge in [0.25, 0.3) is 5.91 Å². The number of hydrogen-bond acceptors (Lipinski definition) is 3. The van der Waals surface area contributed by atoms with E-state index >= 15 is 0 Å². The van der Waals surface area contributed by atoms with Gasteiger partial charge in [-0.15, -0.1) is 0 Å². The second-order valence-corrected chi connectivity index (χ2v) is 6.93. The summed E-state index contributed by atoms with van der Waals surface area (Å²) in [5.41, 5.74) is 0.0862. The van der Waals surface area contributed by atoms with Gasteiger partial charge in [-0.05, 0) is 38.8 Å². The van der Waals surface area contributed by atoms with Crippen molar-refractivity contribution in [2.45, 2.75) is 44.9 Å². The number of carbonyl (C=O) groups excluding carboxylic acids is 1. The molecular weight excluding hydrogens is 314 g/mol. The molecule has 3 atom stereocenters. The molecule has 0 aliphatic carbocycles. The molecule has 132 valence electrons. The summed E-state index contributed by atoms with van der Waals surface area (Å²) >= 11 is 0. The van der Waals surface area contributed by atoms with Crippen LogP contribution >= 0.6 is 0 Å². The van der Waals surface area contributed by atoms with E-state index in [4.69, 9.17) is 4.74 Å². The summed E-state index contributed by atoms with van der Waals surface area (Å²) in [5, 5.41) is 0. The molecule has 0 aromatic heterocycles. The second kappa shape index (κ2) is 7.15. The van der Waals surface area contributed by atoms with Crippen molar-refractivity contribution in [3.8, 4) is 0 Å². The maximum Gasteiger partial charge on any atom is 0.254 e. The van der Waals surface area contributed by atoms with Crippen LogP contribution in [0.5, 0.6) is 0 Å². The Bertz CT molecular complexity index is 580. The molecule has 2 aliphatic heterocycles.